The Morgan fingerprint density at radius 1 is 1.18 bits per heavy atom. The molecule has 2 fully saturated rings. The number of amides is 1. The van der Waals surface area contributed by atoms with Crippen molar-refractivity contribution in [3.63, 3.8) is 0 Å². The molecule has 154 valence electrons. The average Bonchev–Trinajstić information content (AvgIpc) is 3.20. The second kappa shape index (κ2) is 11.4. The number of rotatable bonds is 5. The van der Waals surface area contributed by atoms with Crippen LogP contribution in [0.4, 0.5) is 5.95 Å². The van der Waals surface area contributed by atoms with Crippen molar-refractivity contribution in [2.45, 2.75) is 38.1 Å². The summed E-state index contributed by atoms with van der Waals surface area (Å²) >= 11 is 0. The largest absolute Gasteiger partial charge is 0.483 e. The smallest absolute Gasteiger partial charge is 0.290 e. The molecule has 2 aliphatic rings. The van der Waals surface area contributed by atoms with Gasteiger partial charge in [-0.25, -0.2) is 9.97 Å². The van der Waals surface area contributed by atoms with Gasteiger partial charge in [0.05, 0.1) is 0 Å². The van der Waals surface area contributed by atoms with Crippen LogP contribution in [0, 0.1) is 0 Å². The lowest BCUT2D eigenvalue weighted by atomic mass is 10.0. The summed E-state index contributed by atoms with van der Waals surface area (Å²) in [5, 5.41) is 6.89. The number of carbonyl (C=O) groups excluding carboxylic acids is 1. The Morgan fingerprint density at radius 3 is 2.39 bits per heavy atom. The van der Waals surface area contributed by atoms with Crippen LogP contribution in [-0.4, -0.2) is 83.6 Å². The molecule has 2 saturated heterocycles. The molecule has 1 aromatic rings. The first kappa shape index (κ1) is 21.8. The Morgan fingerprint density at radius 2 is 1.79 bits per heavy atom. The van der Waals surface area contributed by atoms with E-state index in [9.17, 15) is 4.79 Å². The Labute approximate surface area is 166 Å². The topological polar surface area (TPSA) is 89.9 Å². The van der Waals surface area contributed by atoms with E-state index in [0.717, 1.165) is 31.5 Å². The minimum atomic E-state index is -0.250. The van der Waals surface area contributed by atoms with Crippen molar-refractivity contribution < 1.29 is 14.7 Å². The van der Waals surface area contributed by atoms with Gasteiger partial charge >= 0.3 is 0 Å². The van der Waals surface area contributed by atoms with Crippen LogP contribution in [0.15, 0.2) is 18.5 Å². The summed E-state index contributed by atoms with van der Waals surface area (Å²) in [6.45, 7) is 4.02. The van der Waals surface area contributed by atoms with E-state index < -0.39 is 0 Å². The zero-order valence-corrected chi connectivity index (χ0v) is 16.8. The predicted octanol–water partition coefficient (Wildman–Crippen LogP) is 1.73. The van der Waals surface area contributed by atoms with Crippen LogP contribution in [0.5, 0.6) is 0 Å². The van der Waals surface area contributed by atoms with Crippen LogP contribution in [0.25, 0.3) is 6.08 Å². The first-order valence-electron chi connectivity index (χ1n) is 9.83. The van der Waals surface area contributed by atoms with Crippen LogP contribution in [0.2, 0.25) is 0 Å². The average molecular weight is 390 g/mol. The molecule has 0 bridgehead atoms. The van der Waals surface area contributed by atoms with Gasteiger partial charge in [0.2, 0.25) is 11.9 Å². The monoisotopic (exact) mass is 389 g/mol. The lowest BCUT2D eigenvalue weighted by Gasteiger charge is -2.37. The van der Waals surface area contributed by atoms with Gasteiger partial charge in [-0.1, -0.05) is 0 Å². The molecule has 0 radical (unpaired) electrons. The summed E-state index contributed by atoms with van der Waals surface area (Å²) < 4.78 is 0. The summed E-state index contributed by atoms with van der Waals surface area (Å²) in [4.78, 5) is 36.1. The molecule has 1 aromatic heterocycles. The van der Waals surface area contributed by atoms with Gasteiger partial charge in [-0.15, -0.1) is 0 Å². The lowest BCUT2D eigenvalue weighted by molar-refractivity contribution is -0.130. The summed E-state index contributed by atoms with van der Waals surface area (Å²) in [5.41, 5.74) is 0.854. The molecule has 1 N–H and O–H groups in total. The molecule has 3 heterocycles. The predicted molar refractivity (Wildman–Crippen MR) is 109 cm³/mol. The molecule has 8 heteroatoms. The van der Waals surface area contributed by atoms with Gasteiger partial charge in [0, 0.05) is 57.3 Å². The van der Waals surface area contributed by atoms with E-state index in [1.165, 1.54) is 32.4 Å². The van der Waals surface area contributed by atoms with Gasteiger partial charge in [0.25, 0.3) is 6.47 Å². The van der Waals surface area contributed by atoms with E-state index in [1.807, 2.05) is 25.1 Å². The maximum atomic E-state index is 12.7. The van der Waals surface area contributed by atoms with E-state index in [-0.39, 0.29) is 12.4 Å². The van der Waals surface area contributed by atoms with Gasteiger partial charge in [-0.05, 0) is 51.3 Å². The third kappa shape index (κ3) is 6.60. The fourth-order valence-electron chi connectivity index (χ4n) is 3.66. The Kier molecular flexibility index (Phi) is 8.87. The number of hydrogen-bond donors (Lipinski definition) is 1. The summed E-state index contributed by atoms with van der Waals surface area (Å²) in [6, 6.07) is 0.358. The number of anilines is 1. The minimum absolute atomic E-state index is 0.112. The summed E-state index contributed by atoms with van der Waals surface area (Å²) in [5.74, 6) is 0.783. The van der Waals surface area contributed by atoms with Crippen molar-refractivity contribution in [3.05, 3.63) is 24.0 Å². The maximum Gasteiger partial charge on any atom is 0.290 e. The molecule has 1 unspecified atom stereocenters. The van der Waals surface area contributed by atoms with Gasteiger partial charge in [-0.2, -0.15) is 0 Å². The Balaban J connectivity index is 0.000000878. The highest BCUT2D eigenvalue weighted by molar-refractivity contribution is 5.92. The van der Waals surface area contributed by atoms with Crippen molar-refractivity contribution >= 4 is 24.4 Å². The maximum absolute atomic E-state index is 12.7. The number of aromatic nitrogens is 2. The zero-order chi connectivity index (χ0) is 20.4. The van der Waals surface area contributed by atoms with Gasteiger partial charge in [-0.3, -0.25) is 9.59 Å². The highest BCUT2D eigenvalue weighted by Gasteiger charge is 2.27. The van der Waals surface area contributed by atoms with Crippen molar-refractivity contribution in [3.8, 4) is 0 Å². The Bertz CT molecular complexity index is 642. The fourth-order valence-corrected chi connectivity index (χ4v) is 3.66. The molecular weight excluding hydrogens is 358 g/mol. The number of hydrogen-bond acceptors (Lipinski definition) is 6. The van der Waals surface area contributed by atoms with Gasteiger partial charge < -0.3 is 19.8 Å². The van der Waals surface area contributed by atoms with Crippen LogP contribution in [-0.2, 0) is 9.59 Å². The molecule has 8 nitrogen and oxygen atoms in total. The third-order valence-corrected chi connectivity index (χ3v) is 5.05. The van der Waals surface area contributed by atoms with Crippen LogP contribution in [0.3, 0.4) is 0 Å². The molecule has 0 aliphatic carbocycles. The molecule has 0 saturated carbocycles. The first-order valence-corrected chi connectivity index (χ1v) is 9.83. The van der Waals surface area contributed by atoms with Gasteiger partial charge in [0.15, 0.2) is 0 Å². The van der Waals surface area contributed by atoms with E-state index in [4.69, 9.17) is 9.90 Å². The van der Waals surface area contributed by atoms with Gasteiger partial charge in [0.1, 0.15) is 0 Å². The number of nitrogens with zero attached hydrogens (tertiary/aromatic N) is 5. The standard InChI is InChI=1S/C19H29N5O.CH2O2/c1-22(2)19-20-13-16(14-21-19)8-9-18(25)24-12-4-3-7-17(24)15-23-10-5-6-11-23;2-1-3/h8-9,13-14,17H,3-7,10-12,15H2,1-2H3;1H,(H,2,3)/b9-8+;. The van der Waals surface area contributed by atoms with E-state index in [2.05, 4.69) is 19.8 Å². The summed E-state index contributed by atoms with van der Waals surface area (Å²) in [6.07, 6.45) is 13.1. The molecule has 1 amide bonds. The second-order valence-corrected chi connectivity index (χ2v) is 7.34. The normalized spacial score (nSPS) is 19.9. The highest BCUT2D eigenvalue weighted by Crippen LogP contribution is 2.20. The van der Waals surface area contributed by atoms with Crippen LogP contribution < -0.4 is 4.90 Å². The van der Waals surface area contributed by atoms with Crippen molar-refractivity contribution in [2.75, 3.05) is 45.2 Å². The zero-order valence-electron chi connectivity index (χ0n) is 16.8. The quantitative estimate of drug-likeness (QED) is 0.606. The number of carbonyl (C=O) groups is 2. The van der Waals surface area contributed by atoms with Crippen molar-refractivity contribution in [2.24, 2.45) is 0 Å². The van der Waals surface area contributed by atoms with E-state index >= 15 is 0 Å². The molecule has 0 aromatic carbocycles. The van der Waals surface area contributed by atoms with E-state index in [0.29, 0.717) is 12.0 Å². The minimum Gasteiger partial charge on any atom is -0.483 e. The highest BCUT2D eigenvalue weighted by atomic mass is 16.3. The number of carboxylic acid groups (broad SMARTS) is 1. The molecule has 0 spiro atoms. The molecule has 3 rings (SSSR count). The molecule has 28 heavy (non-hydrogen) atoms. The fraction of sp³-hybridized carbons (Fsp3) is 0.600. The number of piperidine rings is 1. The van der Waals surface area contributed by atoms with Crippen molar-refractivity contribution in [1.29, 1.82) is 0 Å². The molecule has 1 atom stereocenters. The third-order valence-electron chi connectivity index (χ3n) is 5.05. The number of likely N-dealkylation sites (tertiary alicyclic amines) is 2. The molecule has 2 aliphatic heterocycles. The van der Waals surface area contributed by atoms with Crippen LogP contribution in [0.1, 0.15) is 37.7 Å². The lowest BCUT2D eigenvalue weighted by Crippen LogP contribution is -2.48. The Hall–Kier alpha value is -2.48. The summed E-state index contributed by atoms with van der Waals surface area (Å²) in [7, 11) is 3.82. The van der Waals surface area contributed by atoms with Crippen molar-refractivity contribution in [1.82, 2.24) is 19.8 Å². The van der Waals surface area contributed by atoms with Crippen LogP contribution >= 0.6 is 0 Å². The molecular formula is C20H31N5O3. The SMILES string of the molecule is CN(C)c1ncc(/C=C/C(=O)N2CCCCC2CN2CCCC2)cn1.O=CO. The first-order chi connectivity index (χ1) is 13.5. The second-order valence-electron chi connectivity index (χ2n) is 7.34. The van der Waals surface area contributed by atoms with E-state index in [1.54, 1.807) is 18.5 Å².